The van der Waals surface area contributed by atoms with E-state index in [9.17, 15) is 65.3 Å². The highest BCUT2D eigenvalue weighted by molar-refractivity contribution is 6.10. The summed E-state index contributed by atoms with van der Waals surface area (Å²) in [6.07, 6.45) is -2.56. The van der Waals surface area contributed by atoms with Gasteiger partial charge in [0.15, 0.2) is 22.8 Å². The zero-order valence-electron chi connectivity index (χ0n) is 55.9. The summed E-state index contributed by atoms with van der Waals surface area (Å²) in [5, 5.41) is 29.7. The van der Waals surface area contributed by atoms with Crippen molar-refractivity contribution in [1.29, 1.82) is 0 Å². The fourth-order valence-corrected chi connectivity index (χ4v) is 13.8. The van der Waals surface area contributed by atoms with Crippen molar-refractivity contribution in [3.63, 3.8) is 0 Å². The number of aromatic carboxylic acids is 1. The number of nitrogens with two attached hydrogens (primary N) is 1. The Kier molecular flexibility index (Phi) is 21.4. The molecule has 536 valence electrons. The summed E-state index contributed by atoms with van der Waals surface area (Å²) in [5.41, 5.74) is 11.4. The monoisotopic (exact) mass is 1440 g/mol. The van der Waals surface area contributed by atoms with Crippen LogP contribution in [0, 0.1) is 0 Å². The van der Waals surface area contributed by atoms with Crippen molar-refractivity contribution < 1.29 is 64.9 Å². The summed E-state index contributed by atoms with van der Waals surface area (Å²) in [7, 11) is 0. The van der Waals surface area contributed by atoms with Gasteiger partial charge in [0.1, 0.15) is 17.1 Å². The molecule has 5 aliphatic heterocycles. The second-order valence-electron chi connectivity index (χ2n) is 25.9. The molecule has 4 bridgehead atoms. The molecule has 2 fully saturated rings. The first kappa shape index (κ1) is 72.5. The summed E-state index contributed by atoms with van der Waals surface area (Å²) in [6, 6.07) is 43.7. The Morgan fingerprint density at radius 1 is 0.587 bits per heavy atom. The number of nitrogens with one attached hydrogen (secondary N) is 3. The highest BCUT2D eigenvalue weighted by Crippen LogP contribution is 2.45. The van der Waals surface area contributed by atoms with Crippen molar-refractivity contribution in [2.24, 2.45) is 5.73 Å². The Bertz CT molecular complexity index is 4920. The number of nitrogens with zero attached hydrogens (tertiary/aromatic N) is 6. The van der Waals surface area contributed by atoms with Gasteiger partial charge in [0.05, 0.1) is 51.5 Å². The summed E-state index contributed by atoms with van der Waals surface area (Å²) in [6.45, 7) is 3.63. The summed E-state index contributed by atoms with van der Waals surface area (Å²) in [4.78, 5) is 95.1. The minimum Gasteiger partial charge on any atom is -0.508 e. The second kappa shape index (κ2) is 30.7. The first-order valence-corrected chi connectivity index (χ1v) is 33.9. The number of Topliss-reactive ketones (excluding diaryl/α,β-unsaturated/α-hetero) is 1. The van der Waals surface area contributed by atoms with E-state index < -0.39 is 35.5 Å². The summed E-state index contributed by atoms with van der Waals surface area (Å²) in [5.74, 6) is -0.581. The number of piperidine rings is 2. The van der Waals surface area contributed by atoms with Crippen molar-refractivity contribution in [3.05, 3.63) is 220 Å². The van der Waals surface area contributed by atoms with Crippen molar-refractivity contribution >= 4 is 87.5 Å². The largest absolute Gasteiger partial charge is 0.508 e. The molecule has 19 nitrogen and oxygen atoms in total. The predicted molar refractivity (Wildman–Crippen MR) is 388 cm³/mol. The predicted octanol–water partition coefficient (Wildman–Crippen LogP) is 16.6. The summed E-state index contributed by atoms with van der Waals surface area (Å²) >= 11 is 0. The molecule has 6 aliphatic rings. The standard InChI is InChI=1S/C53H46F3N5O8.C25H24F3N5O.ClH/c54-53(55,56)34-8-5-7-32(25-34)43-22-23-44-50(59-43)61(36-9-6-24-60(44)30-36)52(68)58-35-15-12-31(13-16-35)29-57-48(65)11-4-2-1-3-10-45(64)33-14-19-39(42(26-33)51(66)67)49-40-20-17-37(62)27-46(40)69-47-28-38(63)18-21-41(47)49;26-25(27,28)18-4-1-3-17(13-18)21-10-11-22-23(31-21)33(20-5-2-12-32(22)15-20)24(34)30-19-8-6-16(14-29)7-9-19;/h5,7-8,12-23,25-28,36,62H,1-4,6,9-11,24,29-30H2,(H,57,65)(H,58,68)(H,66,67);1,3-4,6-11,13,20H,2,5,12,14-15,29H2,(H,30,34);1H/t36-;20-;/m00./s1. The number of aromatic hydroxyl groups is 1. The molecule has 0 radical (unpaired) electrons. The number of aromatic nitrogens is 2. The van der Waals surface area contributed by atoms with Crippen LogP contribution in [0.5, 0.6) is 5.75 Å². The third-order valence-corrected chi connectivity index (χ3v) is 19.0. The van der Waals surface area contributed by atoms with Gasteiger partial charge in [-0.3, -0.25) is 24.2 Å². The smallest absolute Gasteiger partial charge is 0.416 e. The van der Waals surface area contributed by atoms with Crippen LogP contribution in [0.2, 0.25) is 0 Å². The Morgan fingerprint density at radius 3 is 1.66 bits per heavy atom. The average Bonchev–Trinajstić information content (AvgIpc) is 0.759. The van der Waals surface area contributed by atoms with Crippen LogP contribution in [-0.2, 0) is 30.2 Å². The van der Waals surface area contributed by atoms with Gasteiger partial charge in [0.25, 0.3) is 0 Å². The lowest BCUT2D eigenvalue weighted by atomic mass is 9.89. The van der Waals surface area contributed by atoms with Crippen molar-refractivity contribution in [2.45, 2.75) is 102 Å². The van der Waals surface area contributed by atoms with Gasteiger partial charge in [-0.2, -0.15) is 26.3 Å². The quantitative estimate of drug-likeness (QED) is 0.0215. The molecule has 2 saturated heterocycles. The van der Waals surface area contributed by atoms with Crippen LogP contribution in [0.15, 0.2) is 185 Å². The number of anilines is 6. The van der Waals surface area contributed by atoms with E-state index in [0.717, 1.165) is 85.5 Å². The Hall–Kier alpha value is -11.3. The molecule has 6 aromatic carbocycles. The van der Waals surface area contributed by atoms with Crippen LogP contribution in [0.3, 0.4) is 0 Å². The maximum Gasteiger partial charge on any atom is 0.416 e. The van der Waals surface area contributed by atoms with E-state index in [1.165, 1.54) is 42.5 Å². The van der Waals surface area contributed by atoms with Gasteiger partial charge in [0.2, 0.25) is 5.91 Å². The number of carboxylic acids is 1. The van der Waals surface area contributed by atoms with E-state index in [-0.39, 0.29) is 95.2 Å². The molecule has 8 aromatic rings. The molecule has 104 heavy (non-hydrogen) atoms. The van der Waals surface area contributed by atoms with Crippen LogP contribution >= 0.6 is 12.4 Å². The maximum absolute atomic E-state index is 13.9. The number of pyridine rings is 2. The number of unbranched alkanes of at least 4 members (excludes halogenated alkanes) is 3. The highest BCUT2D eigenvalue weighted by Gasteiger charge is 2.41. The minimum absolute atomic E-state index is 0. The van der Waals surface area contributed by atoms with E-state index in [1.54, 1.807) is 94.7 Å². The number of ketones is 1. The average molecular weight is 1440 g/mol. The lowest BCUT2D eigenvalue weighted by molar-refractivity contribution is -0.138. The van der Waals surface area contributed by atoms with Crippen molar-refractivity contribution in [1.82, 2.24) is 15.3 Å². The molecule has 14 rings (SSSR count). The maximum atomic E-state index is 13.9. The molecule has 5 amide bonds. The number of urea groups is 2. The van der Waals surface area contributed by atoms with E-state index >= 15 is 0 Å². The first-order valence-electron chi connectivity index (χ1n) is 33.9. The summed E-state index contributed by atoms with van der Waals surface area (Å²) < 4.78 is 86.1. The number of rotatable bonds is 17. The van der Waals surface area contributed by atoms with Gasteiger partial charge in [-0.05, 0) is 158 Å². The number of hydrogen-bond donors (Lipinski definition) is 6. The number of carbonyl (C=O) groups excluding carboxylic acids is 4. The van der Waals surface area contributed by atoms with Crippen LogP contribution in [0.25, 0.3) is 55.9 Å². The highest BCUT2D eigenvalue weighted by atomic mass is 35.5. The zero-order valence-corrected chi connectivity index (χ0v) is 56.7. The number of amides is 5. The van der Waals surface area contributed by atoms with Gasteiger partial charge < -0.3 is 46.1 Å². The number of alkyl halides is 6. The fourth-order valence-electron chi connectivity index (χ4n) is 13.8. The molecule has 0 saturated carbocycles. The normalized spacial score (nSPS) is 15.2. The van der Waals surface area contributed by atoms with Crippen LogP contribution in [0.1, 0.15) is 107 Å². The third-order valence-electron chi connectivity index (χ3n) is 19.0. The van der Waals surface area contributed by atoms with Gasteiger partial charge in [-0.1, -0.05) is 73.5 Å². The van der Waals surface area contributed by atoms with Gasteiger partial charge in [-0.25, -0.2) is 24.4 Å². The molecular weight excluding hydrogens is 1370 g/mol. The topological polar surface area (TPSA) is 257 Å². The first-order chi connectivity index (χ1) is 49.5. The minimum atomic E-state index is -4.51. The molecule has 0 unspecified atom stereocenters. The number of phenols is 1. The number of phenolic OH excluding ortho intramolecular Hbond substituents is 1. The number of hydrogen-bond acceptors (Lipinski definition) is 13. The zero-order chi connectivity index (χ0) is 72.3. The van der Waals surface area contributed by atoms with E-state index in [4.69, 9.17) is 20.1 Å². The molecule has 1 aliphatic carbocycles. The third kappa shape index (κ3) is 16.0. The Morgan fingerprint density at radius 2 is 1.12 bits per heavy atom. The molecule has 2 aromatic heterocycles. The molecular formula is C78H71ClF6N10O9. The molecule has 7 N–H and O–H groups in total. The Balaban J connectivity index is 0.000000243. The van der Waals surface area contributed by atoms with Crippen molar-refractivity contribution in [3.8, 4) is 50.7 Å². The van der Waals surface area contributed by atoms with E-state index in [1.807, 2.05) is 24.3 Å². The SMILES string of the molecule is Cl.NCc1ccc(NC(=O)N2c3nc(-c4cccc(C(F)(F)F)c4)ccc3N3CCC[C@H]2C3)cc1.O=C(CCCCCCC(=O)c1ccc(-c2c3ccc(=O)cc-3oc3cc(O)ccc23)c(C(=O)O)c1)NCc1ccc(NC(=O)N2c3nc(-c4cccc(C(F)(F)F)c4)ccc3N3CCC[C@H]2C3)cc1. The molecule has 26 heteroatoms. The van der Waals surface area contributed by atoms with Crippen LogP contribution < -0.4 is 46.7 Å². The lowest BCUT2D eigenvalue weighted by Gasteiger charge is -2.45. The molecule has 0 spiro atoms. The van der Waals surface area contributed by atoms with E-state index in [2.05, 4.69) is 25.8 Å². The van der Waals surface area contributed by atoms with Crippen LogP contribution in [-0.4, -0.2) is 88.2 Å². The number of benzene rings is 7. The van der Waals surface area contributed by atoms with Crippen LogP contribution in [0.4, 0.5) is 70.3 Å². The van der Waals surface area contributed by atoms with Gasteiger partial charge in [0, 0.05) is 109 Å². The second-order valence-corrected chi connectivity index (χ2v) is 25.9. The number of fused-ring (bicyclic) bond motifs is 10. The fraction of sp³-hybridized carbons (Fsp3) is 0.256. The van der Waals surface area contributed by atoms with Crippen molar-refractivity contribution in [2.75, 3.05) is 56.4 Å². The van der Waals surface area contributed by atoms with Gasteiger partial charge in [-0.15, -0.1) is 12.4 Å². The lowest BCUT2D eigenvalue weighted by Crippen LogP contribution is -2.56. The molecule has 7 heterocycles. The number of carboxylic acid groups (broad SMARTS) is 1. The number of halogens is 7. The number of carbonyl (C=O) groups is 5. The Labute approximate surface area is 599 Å². The molecule has 2 atom stereocenters. The van der Waals surface area contributed by atoms with E-state index in [0.29, 0.717) is 113 Å². The van der Waals surface area contributed by atoms with Gasteiger partial charge >= 0.3 is 30.4 Å².